The first-order chi connectivity index (χ1) is 8.70. The van der Waals surface area contributed by atoms with E-state index in [1.807, 2.05) is 30.3 Å². The van der Waals surface area contributed by atoms with Gasteiger partial charge >= 0.3 is 0 Å². The average molecular weight is 269 g/mol. The highest BCUT2D eigenvalue weighted by molar-refractivity contribution is 7.56. The fraction of sp³-hybridized carbons (Fsp3) is 0.571. The van der Waals surface area contributed by atoms with E-state index in [1.54, 1.807) is 0 Å². The van der Waals surface area contributed by atoms with Gasteiger partial charge in [-0.05, 0) is 18.4 Å². The maximum Gasteiger partial charge on any atom is 0.270 e. The summed E-state index contributed by atoms with van der Waals surface area (Å²) in [4.78, 5) is 0. The van der Waals surface area contributed by atoms with E-state index in [0.29, 0.717) is 12.8 Å². The smallest absolute Gasteiger partial charge is 0.270 e. The Kier molecular flexibility index (Phi) is 7.26. The van der Waals surface area contributed by atoms with Crippen LogP contribution in [0.2, 0.25) is 0 Å². The van der Waals surface area contributed by atoms with Gasteiger partial charge in [0.15, 0.2) is 0 Å². The number of hydrogen-bond donors (Lipinski definition) is 1. The van der Waals surface area contributed by atoms with Gasteiger partial charge in [-0.1, -0.05) is 50.6 Å². The zero-order valence-corrected chi connectivity index (χ0v) is 12.3. The van der Waals surface area contributed by atoms with Crippen molar-refractivity contribution in [1.82, 2.24) is 5.09 Å². The Hall–Kier alpha value is -0.630. The average Bonchev–Trinajstić information content (AvgIpc) is 2.42. The lowest BCUT2D eigenvalue weighted by Gasteiger charge is -2.19. The van der Waals surface area contributed by atoms with E-state index in [2.05, 4.69) is 18.9 Å². The number of hydrogen-bond acceptors (Lipinski definition) is 2. The Morgan fingerprint density at radius 1 is 1.17 bits per heavy atom. The van der Waals surface area contributed by atoms with Crippen molar-refractivity contribution < 1.29 is 9.09 Å². The Labute approximate surface area is 110 Å². The summed E-state index contributed by atoms with van der Waals surface area (Å²) in [5.74, 6) is 0. The molecule has 0 saturated heterocycles. The van der Waals surface area contributed by atoms with Crippen molar-refractivity contribution >= 4 is 7.52 Å². The zero-order chi connectivity index (χ0) is 13.3. The second-order valence-electron chi connectivity index (χ2n) is 4.42. The van der Waals surface area contributed by atoms with Crippen LogP contribution in [-0.4, -0.2) is 12.7 Å². The Balaban J connectivity index is 2.52. The maximum atomic E-state index is 12.6. The minimum Gasteiger partial charge on any atom is -0.313 e. The lowest BCUT2D eigenvalue weighted by molar-refractivity contribution is 0.294. The summed E-state index contributed by atoms with van der Waals surface area (Å²) in [5, 5.41) is 3.08. The molecule has 1 rings (SSSR count). The van der Waals surface area contributed by atoms with E-state index in [1.165, 1.54) is 0 Å². The van der Waals surface area contributed by atoms with Crippen LogP contribution in [-0.2, 0) is 15.7 Å². The van der Waals surface area contributed by atoms with Crippen LogP contribution in [0.4, 0.5) is 0 Å². The molecule has 1 unspecified atom stereocenters. The largest absolute Gasteiger partial charge is 0.313 e. The van der Waals surface area contributed by atoms with Gasteiger partial charge in [0.2, 0.25) is 0 Å². The van der Waals surface area contributed by atoms with E-state index in [4.69, 9.17) is 4.52 Å². The molecule has 1 aromatic rings. The molecule has 0 amide bonds. The van der Waals surface area contributed by atoms with Crippen LogP contribution in [0.15, 0.2) is 30.3 Å². The van der Waals surface area contributed by atoms with Crippen molar-refractivity contribution in [3.63, 3.8) is 0 Å². The molecule has 1 N–H and O–H groups in total. The molecule has 0 bridgehead atoms. The molecule has 1 aromatic carbocycles. The molecule has 1 atom stereocenters. The van der Waals surface area contributed by atoms with Gasteiger partial charge in [-0.15, -0.1) is 0 Å². The summed E-state index contributed by atoms with van der Waals surface area (Å²) in [6.45, 7) is 5.32. The van der Waals surface area contributed by atoms with E-state index in [-0.39, 0.29) is 0 Å². The quantitative estimate of drug-likeness (QED) is 0.683. The third-order valence-electron chi connectivity index (χ3n) is 2.69. The lowest BCUT2D eigenvalue weighted by atomic mass is 10.2. The van der Waals surface area contributed by atoms with Crippen LogP contribution >= 0.6 is 7.52 Å². The molecule has 0 spiro atoms. The van der Waals surface area contributed by atoms with E-state index < -0.39 is 7.52 Å². The SMILES string of the molecule is CCCCP(=O)(NCCC)OCc1ccccc1. The normalized spacial score (nSPS) is 14.3. The summed E-state index contributed by atoms with van der Waals surface area (Å²) in [6.07, 6.45) is 3.55. The highest BCUT2D eigenvalue weighted by Crippen LogP contribution is 2.44. The van der Waals surface area contributed by atoms with Gasteiger partial charge in [-0.3, -0.25) is 4.57 Å². The second kappa shape index (κ2) is 8.47. The molecule has 102 valence electrons. The van der Waals surface area contributed by atoms with Crippen molar-refractivity contribution in [1.29, 1.82) is 0 Å². The van der Waals surface area contributed by atoms with Crippen molar-refractivity contribution in [3.8, 4) is 0 Å². The van der Waals surface area contributed by atoms with Crippen molar-refractivity contribution in [2.75, 3.05) is 12.7 Å². The second-order valence-corrected chi connectivity index (χ2v) is 6.79. The third kappa shape index (κ3) is 5.81. The summed E-state index contributed by atoms with van der Waals surface area (Å²) in [5.41, 5.74) is 1.06. The van der Waals surface area contributed by atoms with Crippen LogP contribution in [0.25, 0.3) is 0 Å². The fourth-order valence-corrected chi connectivity index (χ4v) is 3.62. The molecular weight excluding hydrogens is 245 g/mol. The third-order valence-corrected chi connectivity index (χ3v) is 4.85. The Bertz CT molecular complexity index is 355. The molecule has 0 aliphatic carbocycles. The van der Waals surface area contributed by atoms with Gasteiger partial charge in [0.25, 0.3) is 7.52 Å². The first-order valence-electron chi connectivity index (χ1n) is 6.73. The summed E-state index contributed by atoms with van der Waals surface area (Å²) >= 11 is 0. The van der Waals surface area contributed by atoms with Gasteiger partial charge in [0.1, 0.15) is 0 Å². The monoisotopic (exact) mass is 269 g/mol. The maximum absolute atomic E-state index is 12.6. The molecule has 0 aliphatic heterocycles. The zero-order valence-electron chi connectivity index (χ0n) is 11.4. The van der Waals surface area contributed by atoms with Crippen LogP contribution in [0.1, 0.15) is 38.7 Å². The molecule has 18 heavy (non-hydrogen) atoms. The van der Waals surface area contributed by atoms with E-state index >= 15 is 0 Å². The molecule has 0 aliphatic rings. The minimum absolute atomic E-state index is 0.415. The van der Waals surface area contributed by atoms with Gasteiger partial charge in [0.05, 0.1) is 6.61 Å². The molecule has 4 heteroatoms. The molecule has 0 saturated carbocycles. The van der Waals surface area contributed by atoms with Crippen LogP contribution in [0.3, 0.4) is 0 Å². The molecular formula is C14H24NO2P. The number of nitrogens with one attached hydrogen (secondary N) is 1. The first kappa shape index (κ1) is 15.4. The van der Waals surface area contributed by atoms with Gasteiger partial charge in [-0.2, -0.15) is 0 Å². The Morgan fingerprint density at radius 3 is 2.50 bits per heavy atom. The summed E-state index contributed by atoms with van der Waals surface area (Å²) in [6, 6.07) is 9.88. The standard InChI is InChI=1S/C14H24NO2P/c1-3-5-12-18(16,15-11-4-2)17-13-14-9-7-6-8-10-14/h6-10H,3-5,11-13H2,1-2H3,(H,15,16). The predicted molar refractivity (Wildman–Crippen MR) is 76.9 cm³/mol. The minimum atomic E-state index is -2.67. The molecule has 0 fully saturated rings. The number of rotatable bonds is 9. The summed E-state index contributed by atoms with van der Waals surface area (Å²) in [7, 11) is -2.67. The highest BCUT2D eigenvalue weighted by atomic mass is 31.2. The first-order valence-corrected chi connectivity index (χ1v) is 8.54. The highest BCUT2D eigenvalue weighted by Gasteiger charge is 2.21. The molecule has 3 nitrogen and oxygen atoms in total. The Morgan fingerprint density at radius 2 is 1.89 bits per heavy atom. The summed E-state index contributed by atoms with van der Waals surface area (Å²) < 4.78 is 18.2. The van der Waals surface area contributed by atoms with Gasteiger partial charge < -0.3 is 4.52 Å². The van der Waals surface area contributed by atoms with E-state index in [9.17, 15) is 4.57 Å². The van der Waals surface area contributed by atoms with Crippen LogP contribution in [0.5, 0.6) is 0 Å². The predicted octanol–water partition coefficient (Wildman–Crippen LogP) is 4.20. The van der Waals surface area contributed by atoms with E-state index in [0.717, 1.165) is 31.4 Å². The lowest BCUT2D eigenvalue weighted by Crippen LogP contribution is -2.16. The van der Waals surface area contributed by atoms with Crippen molar-refractivity contribution in [2.45, 2.75) is 39.7 Å². The molecule has 0 heterocycles. The van der Waals surface area contributed by atoms with Crippen molar-refractivity contribution in [2.24, 2.45) is 0 Å². The van der Waals surface area contributed by atoms with Crippen LogP contribution < -0.4 is 5.09 Å². The molecule has 0 aromatic heterocycles. The fourth-order valence-electron chi connectivity index (χ4n) is 1.59. The molecule has 0 radical (unpaired) electrons. The topological polar surface area (TPSA) is 38.3 Å². The van der Waals surface area contributed by atoms with Gasteiger partial charge in [-0.25, -0.2) is 5.09 Å². The van der Waals surface area contributed by atoms with Gasteiger partial charge in [0, 0.05) is 12.7 Å². The number of unbranched alkanes of at least 4 members (excludes halogenated alkanes) is 1. The van der Waals surface area contributed by atoms with Crippen LogP contribution in [0, 0.1) is 0 Å². The van der Waals surface area contributed by atoms with Crippen molar-refractivity contribution in [3.05, 3.63) is 35.9 Å². The number of benzene rings is 1.